The summed E-state index contributed by atoms with van der Waals surface area (Å²) in [7, 11) is 0. The summed E-state index contributed by atoms with van der Waals surface area (Å²) >= 11 is 0. The first-order valence-corrected chi connectivity index (χ1v) is 5.85. The molecule has 86 valence electrons. The molecule has 1 N–H and O–H groups in total. The van der Waals surface area contributed by atoms with E-state index in [0.29, 0.717) is 6.42 Å². The molecule has 1 aliphatic carbocycles. The molecule has 1 unspecified atom stereocenters. The number of carbonyl (C=O) groups is 1. The van der Waals surface area contributed by atoms with Gasteiger partial charge in [0.05, 0.1) is 5.41 Å². The van der Waals surface area contributed by atoms with E-state index in [2.05, 4.69) is 26.8 Å². The Morgan fingerprint density at radius 2 is 2.13 bits per heavy atom. The van der Waals surface area contributed by atoms with Crippen molar-refractivity contribution in [1.29, 1.82) is 0 Å². The van der Waals surface area contributed by atoms with Crippen LogP contribution in [0.2, 0.25) is 0 Å². The van der Waals surface area contributed by atoms with Gasteiger partial charge in [0.15, 0.2) is 0 Å². The molecule has 0 aromatic rings. The Kier molecular flexibility index (Phi) is 3.58. The first-order chi connectivity index (χ1) is 6.96. The van der Waals surface area contributed by atoms with Crippen molar-refractivity contribution in [3.63, 3.8) is 0 Å². The van der Waals surface area contributed by atoms with Crippen LogP contribution in [0.15, 0.2) is 12.2 Å². The van der Waals surface area contributed by atoms with Gasteiger partial charge in [-0.15, -0.1) is 0 Å². The zero-order valence-electron chi connectivity index (χ0n) is 10.0. The number of hydrogen-bond donors (Lipinski definition) is 1. The lowest BCUT2D eigenvalue weighted by Crippen LogP contribution is -2.45. The minimum absolute atomic E-state index is 0.113. The predicted molar refractivity (Wildman–Crippen MR) is 61.7 cm³/mol. The molecule has 15 heavy (non-hydrogen) atoms. The van der Waals surface area contributed by atoms with Gasteiger partial charge in [0, 0.05) is 0 Å². The molecule has 0 aromatic carbocycles. The van der Waals surface area contributed by atoms with Gasteiger partial charge in [0.2, 0.25) is 0 Å². The Morgan fingerprint density at radius 3 is 2.53 bits per heavy atom. The van der Waals surface area contributed by atoms with Gasteiger partial charge in [-0.1, -0.05) is 39.3 Å². The zero-order valence-corrected chi connectivity index (χ0v) is 10.0. The van der Waals surface area contributed by atoms with E-state index in [1.807, 2.05) is 6.08 Å². The number of allylic oxidation sites excluding steroid dienone is 2. The van der Waals surface area contributed by atoms with Crippen molar-refractivity contribution in [3.05, 3.63) is 12.2 Å². The molecule has 1 atom stereocenters. The van der Waals surface area contributed by atoms with Crippen LogP contribution >= 0.6 is 0 Å². The summed E-state index contributed by atoms with van der Waals surface area (Å²) in [5.41, 5.74) is -0.657. The van der Waals surface area contributed by atoms with Crippen LogP contribution in [-0.2, 0) is 4.79 Å². The van der Waals surface area contributed by atoms with Crippen LogP contribution in [0.25, 0.3) is 0 Å². The summed E-state index contributed by atoms with van der Waals surface area (Å²) in [4.78, 5) is 11.6. The number of hydrogen-bond acceptors (Lipinski definition) is 1. The van der Waals surface area contributed by atoms with Crippen LogP contribution in [0.3, 0.4) is 0 Å². The average Bonchev–Trinajstić information content (AvgIpc) is 2.18. The Bertz CT molecular complexity index is 266. The first-order valence-electron chi connectivity index (χ1n) is 5.85. The lowest BCUT2D eigenvalue weighted by Gasteiger charge is -2.44. The molecule has 0 radical (unpaired) electrons. The maximum Gasteiger partial charge on any atom is 0.310 e. The van der Waals surface area contributed by atoms with Gasteiger partial charge in [0.1, 0.15) is 0 Å². The van der Waals surface area contributed by atoms with Crippen LogP contribution in [-0.4, -0.2) is 11.1 Å². The fraction of sp³-hybridized carbons (Fsp3) is 0.769. The zero-order chi connectivity index (χ0) is 11.5. The molecular weight excluding hydrogens is 188 g/mol. The maximum atomic E-state index is 11.6. The molecule has 0 saturated carbocycles. The second-order valence-corrected chi connectivity index (χ2v) is 5.24. The van der Waals surface area contributed by atoms with Crippen molar-refractivity contribution in [1.82, 2.24) is 0 Å². The summed E-state index contributed by atoms with van der Waals surface area (Å²) in [6, 6.07) is 0. The molecule has 0 fully saturated rings. The molecule has 0 amide bonds. The quantitative estimate of drug-likeness (QED) is 0.719. The van der Waals surface area contributed by atoms with Crippen molar-refractivity contribution >= 4 is 5.97 Å². The van der Waals surface area contributed by atoms with E-state index in [0.717, 1.165) is 25.7 Å². The first kappa shape index (κ1) is 12.3. The Hall–Kier alpha value is -0.790. The topological polar surface area (TPSA) is 37.3 Å². The smallest absolute Gasteiger partial charge is 0.310 e. The van der Waals surface area contributed by atoms with Crippen LogP contribution in [0.4, 0.5) is 0 Å². The highest BCUT2D eigenvalue weighted by Crippen LogP contribution is 2.50. The number of carboxylic acid groups (broad SMARTS) is 1. The molecular formula is C13H22O2. The lowest BCUT2D eigenvalue weighted by molar-refractivity contribution is -0.158. The van der Waals surface area contributed by atoms with E-state index in [1.54, 1.807) is 0 Å². The highest BCUT2D eigenvalue weighted by molar-refractivity contribution is 5.76. The van der Waals surface area contributed by atoms with Crippen LogP contribution in [0.1, 0.15) is 52.9 Å². The SMILES string of the molecule is CCCC(C)(C)C1(C(=O)O)CC=CCC1. The maximum absolute atomic E-state index is 11.6. The third-order valence-corrected chi connectivity index (χ3v) is 3.95. The molecule has 0 aromatic heterocycles. The summed E-state index contributed by atoms with van der Waals surface area (Å²) in [5, 5.41) is 9.52. The van der Waals surface area contributed by atoms with Crippen molar-refractivity contribution in [2.45, 2.75) is 52.9 Å². The van der Waals surface area contributed by atoms with Crippen molar-refractivity contribution in [2.24, 2.45) is 10.8 Å². The molecule has 2 heteroatoms. The summed E-state index contributed by atoms with van der Waals surface area (Å²) in [6.45, 7) is 6.32. The van der Waals surface area contributed by atoms with Crippen molar-refractivity contribution < 1.29 is 9.90 Å². The van der Waals surface area contributed by atoms with Crippen LogP contribution in [0, 0.1) is 10.8 Å². The van der Waals surface area contributed by atoms with Crippen molar-refractivity contribution in [2.75, 3.05) is 0 Å². The van der Waals surface area contributed by atoms with Gasteiger partial charge in [-0.05, 0) is 31.1 Å². The summed E-state index contributed by atoms with van der Waals surface area (Å²) in [6.07, 6.45) is 8.54. The van der Waals surface area contributed by atoms with Gasteiger partial charge >= 0.3 is 5.97 Å². The lowest BCUT2D eigenvalue weighted by atomic mass is 9.58. The normalized spacial score (nSPS) is 26.6. The molecule has 0 spiro atoms. The fourth-order valence-corrected chi connectivity index (χ4v) is 2.80. The largest absolute Gasteiger partial charge is 0.481 e. The van der Waals surface area contributed by atoms with E-state index in [4.69, 9.17) is 0 Å². The Morgan fingerprint density at radius 1 is 1.47 bits per heavy atom. The van der Waals surface area contributed by atoms with E-state index in [1.165, 1.54) is 0 Å². The highest BCUT2D eigenvalue weighted by atomic mass is 16.4. The van der Waals surface area contributed by atoms with Crippen molar-refractivity contribution in [3.8, 4) is 0 Å². The molecule has 0 aliphatic heterocycles. The van der Waals surface area contributed by atoms with Crippen LogP contribution < -0.4 is 0 Å². The molecule has 1 rings (SSSR count). The van der Waals surface area contributed by atoms with Gasteiger partial charge in [0.25, 0.3) is 0 Å². The van der Waals surface area contributed by atoms with Crippen LogP contribution in [0.5, 0.6) is 0 Å². The van der Waals surface area contributed by atoms with E-state index < -0.39 is 11.4 Å². The van der Waals surface area contributed by atoms with Gasteiger partial charge in [-0.3, -0.25) is 4.79 Å². The number of carboxylic acids is 1. The Balaban J connectivity index is 3.00. The standard InChI is InChI=1S/C13H22O2/c1-4-8-12(2,3)13(11(14)15)9-6-5-7-10-13/h5-6H,4,7-10H2,1-3H3,(H,14,15). The summed E-state index contributed by atoms with van der Waals surface area (Å²) < 4.78 is 0. The highest BCUT2D eigenvalue weighted by Gasteiger charge is 2.49. The second kappa shape index (κ2) is 4.38. The molecule has 1 aliphatic rings. The van der Waals surface area contributed by atoms with E-state index >= 15 is 0 Å². The van der Waals surface area contributed by atoms with E-state index in [9.17, 15) is 9.90 Å². The third kappa shape index (κ3) is 2.09. The van der Waals surface area contributed by atoms with E-state index in [-0.39, 0.29) is 5.41 Å². The third-order valence-electron chi connectivity index (χ3n) is 3.95. The number of rotatable bonds is 4. The molecule has 0 bridgehead atoms. The minimum atomic E-state index is -0.620. The predicted octanol–water partition coefficient (Wildman–Crippen LogP) is 3.62. The summed E-state index contributed by atoms with van der Waals surface area (Å²) in [5.74, 6) is -0.620. The fourth-order valence-electron chi connectivity index (χ4n) is 2.80. The van der Waals surface area contributed by atoms with Gasteiger partial charge in [-0.2, -0.15) is 0 Å². The van der Waals surface area contributed by atoms with Gasteiger partial charge < -0.3 is 5.11 Å². The number of aliphatic carboxylic acids is 1. The monoisotopic (exact) mass is 210 g/mol. The second-order valence-electron chi connectivity index (χ2n) is 5.24. The molecule has 0 heterocycles. The minimum Gasteiger partial charge on any atom is -0.481 e. The average molecular weight is 210 g/mol. The molecule has 2 nitrogen and oxygen atoms in total. The Labute approximate surface area is 92.4 Å². The van der Waals surface area contributed by atoms with Gasteiger partial charge in [-0.25, -0.2) is 0 Å². The molecule has 0 saturated heterocycles.